The molecule has 4 rings (SSSR count). The molecule has 0 saturated carbocycles. The topological polar surface area (TPSA) is 52.0 Å². The van der Waals surface area contributed by atoms with Crippen molar-refractivity contribution in [2.75, 3.05) is 11.9 Å². The predicted molar refractivity (Wildman–Crippen MR) is 76.8 cm³/mol. The van der Waals surface area contributed by atoms with Crippen LogP contribution in [0.15, 0.2) is 42.7 Å². The number of imidazole rings is 1. The second-order valence-electron chi connectivity index (χ2n) is 4.88. The Kier molecular flexibility index (Phi) is 2.39. The molecule has 1 aromatic carbocycles. The van der Waals surface area contributed by atoms with Gasteiger partial charge in [-0.15, -0.1) is 0 Å². The van der Waals surface area contributed by atoms with Gasteiger partial charge in [0.2, 0.25) is 0 Å². The molecule has 0 radical (unpaired) electrons. The first-order valence-electron chi connectivity index (χ1n) is 6.59. The molecule has 5 nitrogen and oxygen atoms in total. The van der Waals surface area contributed by atoms with Crippen molar-refractivity contribution in [2.24, 2.45) is 7.05 Å². The quantitative estimate of drug-likeness (QED) is 0.735. The molecule has 2 aromatic heterocycles. The fourth-order valence-electron chi connectivity index (χ4n) is 2.60. The number of hydrogen-bond donors (Lipinski definition) is 1. The van der Waals surface area contributed by atoms with Crippen molar-refractivity contribution < 1.29 is 4.74 Å². The van der Waals surface area contributed by atoms with E-state index in [0.29, 0.717) is 6.54 Å². The number of aromatic nitrogens is 3. The highest BCUT2D eigenvalue weighted by Crippen LogP contribution is 2.33. The van der Waals surface area contributed by atoms with Crippen molar-refractivity contribution in [3.05, 3.63) is 48.5 Å². The standard InChI is InChI=1S/C15H14N4O/c1-19-12-8-16-7-6-10(12)18-15(19)14-9-17-11-4-2-3-5-13(11)20-14/h2-8,14,17H,9H2,1H3. The van der Waals surface area contributed by atoms with Crippen LogP contribution in [-0.4, -0.2) is 21.1 Å². The van der Waals surface area contributed by atoms with Gasteiger partial charge in [0.1, 0.15) is 5.75 Å². The SMILES string of the molecule is Cn1c(C2CNc3ccccc3O2)nc2ccncc21. The number of hydrogen-bond acceptors (Lipinski definition) is 4. The summed E-state index contributed by atoms with van der Waals surface area (Å²) in [7, 11) is 2.00. The third-order valence-electron chi connectivity index (χ3n) is 3.64. The molecule has 0 aliphatic carbocycles. The van der Waals surface area contributed by atoms with Gasteiger partial charge in [-0.1, -0.05) is 12.1 Å². The van der Waals surface area contributed by atoms with Crippen molar-refractivity contribution in [3.63, 3.8) is 0 Å². The lowest BCUT2D eigenvalue weighted by Crippen LogP contribution is -2.25. The van der Waals surface area contributed by atoms with E-state index in [9.17, 15) is 0 Å². The van der Waals surface area contributed by atoms with E-state index in [4.69, 9.17) is 4.74 Å². The summed E-state index contributed by atoms with van der Waals surface area (Å²) in [5, 5.41) is 3.39. The molecule has 1 unspecified atom stereocenters. The molecule has 0 saturated heterocycles. The predicted octanol–water partition coefficient (Wildman–Crippen LogP) is 2.51. The first-order chi connectivity index (χ1) is 9.83. The van der Waals surface area contributed by atoms with Crippen molar-refractivity contribution >= 4 is 16.7 Å². The Balaban J connectivity index is 1.76. The molecule has 5 heteroatoms. The molecule has 0 amide bonds. The van der Waals surface area contributed by atoms with E-state index < -0.39 is 0 Å². The maximum absolute atomic E-state index is 6.06. The van der Waals surface area contributed by atoms with E-state index in [1.165, 1.54) is 0 Å². The summed E-state index contributed by atoms with van der Waals surface area (Å²) >= 11 is 0. The van der Waals surface area contributed by atoms with Crippen LogP contribution in [0, 0.1) is 0 Å². The molecule has 0 bridgehead atoms. The number of anilines is 1. The summed E-state index contributed by atoms with van der Waals surface area (Å²) in [6.07, 6.45) is 3.49. The van der Waals surface area contributed by atoms with Crippen LogP contribution >= 0.6 is 0 Å². The zero-order valence-corrected chi connectivity index (χ0v) is 11.1. The second kappa shape index (κ2) is 4.23. The van der Waals surface area contributed by atoms with Gasteiger partial charge < -0.3 is 14.6 Å². The Hall–Kier alpha value is -2.56. The van der Waals surface area contributed by atoms with E-state index in [1.807, 2.05) is 48.1 Å². The van der Waals surface area contributed by atoms with E-state index in [2.05, 4.69) is 15.3 Å². The lowest BCUT2D eigenvalue weighted by Gasteiger charge is -2.26. The van der Waals surface area contributed by atoms with E-state index in [1.54, 1.807) is 6.20 Å². The van der Waals surface area contributed by atoms with Gasteiger partial charge in [0, 0.05) is 13.2 Å². The molecular formula is C15H14N4O. The Labute approximate surface area is 116 Å². The fourth-order valence-corrected chi connectivity index (χ4v) is 2.60. The summed E-state index contributed by atoms with van der Waals surface area (Å²) in [4.78, 5) is 8.82. The molecule has 1 N–H and O–H groups in total. The number of nitrogens with one attached hydrogen (secondary N) is 1. The number of benzene rings is 1. The van der Waals surface area contributed by atoms with Gasteiger partial charge in [-0.2, -0.15) is 0 Å². The van der Waals surface area contributed by atoms with Gasteiger partial charge in [-0.25, -0.2) is 4.98 Å². The van der Waals surface area contributed by atoms with Crippen LogP contribution in [0.25, 0.3) is 11.0 Å². The minimum atomic E-state index is -0.0951. The number of ether oxygens (including phenoxy) is 1. The lowest BCUT2D eigenvalue weighted by molar-refractivity contribution is 0.197. The number of rotatable bonds is 1. The van der Waals surface area contributed by atoms with Crippen LogP contribution in [0.1, 0.15) is 11.9 Å². The zero-order valence-electron chi connectivity index (χ0n) is 11.1. The first-order valence-corrected chi connectivity index (χ1v) is 6.59. The minimum absolute atomic E-state index is 0.0951. The maximum Gasteiger partial charge on any atom is 0.173 e. The largest absolute Gasteiger partial charge is 0.478 e. The lowest BCUT2D eigenvalue weighted by atomic mass is 10.2. The van der Waals surface area contributed by atoms with Crippen LogP contribution in [0.2, 0.25) is 0 Å². The average Bonchev–Trinajstić information content (AvgIpc) is 2.84. The highest BCUT2D eigenvalue weighted by atomic mass is 16.5. The summed E-state index contributed by atoms with van der Waals surface area (Å²) in [6.45, 7) is 0.710. The highest BCUT2D eigenvalue weighted by Gasteiger charge is 2.25. The molecule has 1 aliphatic rings. The fraction of sp³-hybridized carbons (Fsp3) is 0.200. The van der Waals surface area contributed by atoms with Gasteiger partial charge in [0.25, 0.3) is 0 Å². The van der Waals surface area contributed by atoms with Crippen LogP contribution in [0.4, 0.5) is 5.69 Å². The number of nitrogens with zero attached hydrogens (tertiary/aromatic N) is 3. The smallest absolute Gasteiger partial charge is 0.173 e. The molecule has 3 aromatic rings. The summed E-state index contributed by atoms with van der Waals surface area (Å²) in [6, 6.07) is 9.88. The zero-order chi connectivity index (χ0) is 13.5. The van der Waals surface area contributed by atoms with E-state index in [-0.39, 0.29) is 6.10 Å². The Morgan fingerprint density at radius 2 is 2.20 bits per heavy atom. The third kappa shape index (κ3) is 1.63. The third-order valence-corrected chi connectivity index (χ3v) is 3.64. The van der Waals surface area contributed by atoms with Crippen LogP contribution in [-0.2, 0) is 7.05 Å². The molecule has 0 fully saturated rings. The Morgan fingerprint density at radius 1 is 1.30 bits per heavy atom. The molecule has 3 heterocycles. The number of para-hydroxylation sites is 2. The Bertz CT molecular complexity index is 780. The summed E-state index contributed by atoms with van der Waals surface area (Å²) < 4.78 is 8.11. The van der Waals surface area contributed by atoms with Crippen molar-refractivity contribution in [3.8, 4) is 5.75 Å². The molecule has 100 valence electrons. The average molecular weight is 266 g/mol. The van der Waals surface area contributed by atoms with Gasteiger partial charge in [-0.3, -0.25) is 4.98 Å². The van der Waals surface area contributed by atoms with Gasteiger partial charge >= 0.3 is 0 Å². The summed E-state index contributed by atoms with van der Waals surface area (Å²) in [5.74, 6) is 1.78. The molecule has 0 spiro atoms. The number of pyridine rings is 1. The number of fused-ring (bicyclic) bond motifs is 2. The van der Waals surface area contributed by atoms with Gasteiger partial charge in [0.05, 0.1) is 29.5 Å². The first kappa shape index (κ1) is 11.3. The second-order valence-corrected chi connectivity index (χ2v) is 4.88. The maximum atomic E-state index is 6.06. The molecule has 1 atom stereocenters. The molecular weight excluding hydrogens is 252 g/mol. The van der Waals surface area contributed by atoms with Crippen LogP contribution < -0.4 is 10.1 Å². The van der Waals surface area contributed by atoms with E-state index >= 15 is 0 Å². The number of aryl methyl sites for hydroxylation is 1. The van der Waals surface area contributed by atoms with Crippen molar-refractivity contribution in [1.29, 1.82) is 0 Å². The normalized spacial score (nSPS) is 17.4. The highest BCUT2D eigenvalue weighted by molar-refractivity contribution is 5.74. The van der Waals surface area contributed by atoms with Crippen molar-refractivity contribution in [1.82, 2.24) is 14.5 Å². The summed E-state index contributed by atoms with van der Waals surface area (Å²) in [5.41, 5.74) is 2.99. The molecule has 1 aliphatic heterocycles. The monoisotopic (exact) mass is 266 g/mol. The van der Waals surface area contributed by atoms with Gasteiger partial charge in [-0.05, 0) is 18.2 Å². The minimum Gasteiger partial charge on any atom is -0.478 e. The van der Waals surface area contributed by atoms with Crippen LogP contribution in [0.3, 0.4) is 0 Å². The van der Waals surface area contributed by atoms with Gasteiger partial charge in [0.15, 0.2) is 11.9 Å². The molecule has 20 heavy (non-hydrogen) atoms. The van der Waals surface area contributed by atoms with E-state index in [0.717, 1.165) is 28.3 Å². The van der Waals surface area contributed by atoms with Crippen LogP contribution in [0.5, 0.6) is 5.75 Å². The van der Waals surface area contributed by atoms with Crippen molar-refractivity contribution in [2.45, 2.75) is 6.10 Å². The Morgan fingerprint density at radius 3 is 3.10 bits per heavy atom.